The number of benzene rings is 1. The Bertz CT molecular complexity index is 484. The molecule has 3 rings (SSSR count). The maximum atomic E-state index is 6.36. The molecule has 1 aliphatic heterocycles. The molecule has 1 aromatic carbocycles. The summed E-state index contributed by atoms with van der Waals surface area (Å²) in [7, 11) is 0. The fraction of sp³-hybridized carbons (Fsp3) is 0.684. The van der Waals surface area contributed by atoms with Gasteiger partial charge in [0.15, 0.2) is 0 Å². The van der Waals surface area contributed by atoms with Gasteiger partial charge in [-0.1, -0.05) is 44.5 Å². The summed E-state index contributed by atoms with van der Waals surface area (Å²) in [6, 6.07) is 9.04. The first kappa shape index (κ1) is 15.1. The van der Waals surface area contributed by atoms with Gasteiger partial charge in [-0.15, -0.1) is 0 Å². The second-order valence-electron chi connectivity index (χ2n) is 7.15. The van der Waals surface area contributed by atoms with Gasteiger partial charge in [0, 0.05) is 13.1 Å². The Hall–Kier alpha value is -0.860. The molecule has 1 saturated heterocycles. The third-order valence-corrected chi connectivity index (χ3v) is 5.91. The van der Waals surface area contributed by atoms with Crippen molar-refractivity contribution in [3.63, 3.8) is 0 Å². The van der Waals surface area contributed by atoms with Crippen molar-refractivity contribution in [2.75, 3.05) is 19.6 Å². The summed E-state index contributed by atoms with van der Waals surface area (Å²) >= 11 is 0. The average Bonchev–Trinajstić information content (AvgIpc) is 2.98. The Morgan fingerprint density at radius 1 is 1.29 bits per heavy atom. The van der Waals surface area contributed by atoms with E-state index < -0.39 is 0 Å². The van der Waals surface area contributed by atoms with Gasteiger partial charge in [0.2, 0.25) is 0 Å². The normalized spacial score (nSPS) is 33.1. The third kappa shape index (κ3) is 2.53. The number of nitrogens with zero attached hydrogens (tertiary/aromatic N) is 1. The summed E-state index contributed by atoms with van der Waals surface area (Å²) in [6.07, 6.45) is 6.52. The summed E-state index contributed by atoms with van der Waals surface area (Å²) in [5.74, 6) is 1.56. The number of hydrogen-bond acceptors (Lipinski definition) is 2. The molecule has 0 aromatic heterocycles. The summed E-state index contributed by atoms with van der Waals surface area (Å²) < 4.78 is 0. The van der Waals surface area contributed by atoms with Crippen LogP contribution in [0, 0.1) is 5.92 Å². The quantitative estimate of drug-likeness (QED) is 0.910. The molecule has 0 radical (unpaired) electrons. The Balaban J connectivity index is 1.93. The fourth-order valence-corrected chi connectivity index (χ4v) is 4.63. The number of rotatable bonds is 4. The van der Waals surface area contributed by atoms with Gasteiger partial charge in [-0.3, -0.25) is 4.90 Å². The van der Waals surface area contributed by atoms with Gasteiger partial charge in [0.1, 0.15) is 0 Å². The standard InChI is InChI=1S/C19H30N2/c1-3-6-16-10-12-21(13-16)19(14-20)11-9-15(2)17-7-4-5-8-18(17)19/h4-5,7-8,15-16H,3,6,9-14,20H2,1-2H3. The van der Waals surface area contributed by atoms with Crippen LogP contribution in [0.1, 0.15) is 63.0 Å². The lowest BCUT2D eigenvalue weighted by atomic mass is 9.71. The predicted molar refractivity (Wildman–Crippen MR) is 89.4 cm³/mol. The molecule has 2 heteroatoms. The van der Waals surface area contributed by atoms with Crippen LogP contribution < -0.4 is 5.73 Å². The predicted octanol–water partition coefficient (Wildman–Crippen LogP) is 3.86. The molecule has 0 amide bonds. The fourth-order valence-electron chi connectivity index (χ4n) is 4.63. The van der Waals surface area contributed by atoms with Gasteiger partial charge in [0.05, 0.1) is 5.54 Å². The highest BCUT2D eigenvalue weighted by molar-refractivity contribution is 5.39. The summed E-state index contributed by atoms with van der Waals surface area (Å²) in [6.45, 7) is 7.90. The molecule has 0 saturated carbocycles. The van der Waals surface area contributed by atoms with Crippen molar-refractivity contribution in [1.82, 2.24) is 4.90 Å². The van der Waals surface area contributed by atoms with E-state index in [1.54, 1.807) is 0 Å². The molecule has 21 heavy (non-hydrogen) atoms. The lowest BCUT2D eigenvalue weighted by molar-refractivity contribution is 0.0926. The molecule has 3 atom stereocenters. The first-order valence-electron chi connectivity index (χ1n) is 8.75. The molecule has 2 N–H and O–H groups in total. The van der Waals surface area contributed by atoms with E-state index in [2.05, 4.69) is 43.0 Å². The van der Waals surface area contributed by atoms with Crippen LogP contribution in [0.4, 0.5) is 0 Å². The van der Waals surface area contributed by atoms with Crippen LogP contribution in [0.15, 0.2) is 24.3 Å². The molecule has 1 aromatic rings. The first-order chi connectivity index (χ1) is 10.2. The van der Waals surface area contributed by atoms with Gasteiger partial charge in [-0.05, 0) is 55.2 Å². The second kappa shape index (κ2) is 6.10. The van der Waals surface area contributed by atoms with E-state index in [1.807, 2.05) is 0 Å². The highest BCUT2D eigenvalue weighted by Crippen LogP contribution is 2.46. The molecule has 3 unspecified atom stereocenters. The Morgan fingerprint density at radius 2 is 2.10 bits per heavy atom. The van der Waals surface area contributed by atoms with Crippen LogP contribution >= 0.6 is 0 Å². The number of hydrogen-bond donors (Lipinski definition) is 1. The minimum Gasteiger partial charge on any atom is -0.328 e. The van der Waals surface area contributed by atoms with Crippen molar-refractivity contribution in [2.45, 2.75) is 57.4 Å². The van der Waals surface area contributed by atoms with Crippen LogP contribution in [0.5, 0.6) is 0 Å². The van der Waals surface area contributed by atoms with Crippen molar-refractivity contribution in [2.24, 2.45) is 11.7 Å². The largest absolute Gasteiger partial charge is 0.328 e. The van der Waals surface area contributed by atoms with Crippen molar-refractivity contribution >= 4 is 0 Å². The molecule has 116 valence electrons. The number of likely N-dealkylation sites (tertiary alicyclic amines) is 1. The summed E-state index contributed by atoms with van der Waals surface area (Å²) in [5, 5.41) is 0. The highest BCUT2D eigenvalue weighted by atomic mass is 15.2. The lowest BCUT2D eigenvalue weighted by Gasteiger charge is -2.47. The maximum absolute atomic E-state index is 6.36. The third-order valence-electron chi connectivity index (χ3n) is 5.91. The molecular formula is C19H30N2. The molecule has 0 bridgehead atoms. The lowest BCUT2D eigenvalue weighted by Crippen LogP contribution is -2.52. The minimum absolute atomic E-state index is 0.103. The Labute approximate surface area is 129 Å². The van der Waals surface area contributed by atoms with E-state index in [1.165, 1.54) is 56.3 Å². The SMILES string of the molecule is CCCC1CCN(C2(CN)CCC(C)c3ccccc32)C1. The minimum atomic E-state index is 0.103. The Morgan fingerprint density at radius 3 is 2.86 bits per heavy atom. The van der Waals surface area contributed by atoms with Gasteiger partial charge in [-0.25, -0.2) is 0 Å². The number of fused-ring (bicyclic) bond motifs is 1. The molecule has 0 spiro atoms. The van der Waals surface area contributed by atoms with Gasteiger partial charge in [-0.2, -0.15) is 0 Å². The molecule has 1 heterocycles. The zero-order valence-corrected chi connectivity index (χ0v) is 13.6. The zero-order valence-electron chi connectivity index (χ0n) is 13.6. The zero-order chi connectivity index (χ0) is 14.9. The van der Waals surface area contributed by atoms with Crippen LogP contribution in [0.25, 0.3) is 0 Å². The van der Waals surface area contributed by atoms with E-state index in [4.69, 9.17) is 5.73 Å². The van der Waals surface area contributed by atoms with Crippen molar-refractivity contribution in [3.8, 4) is 0 Å². The highest BCUT2D eigenvalue weighted by Gasteiger charge is 2.44. The summed E-state index contributed by atoms with van der Waals surface area (Å²) in [4.78, 5) is 2.72. The van der Waals surface area contributed by atoms with Crippen molar-refractivity contribution < 1.29 is 0 Å². The van der Waals surface area contributed by atoms with Crippen LogP contribution in [-0.4, -0.2) is 24.5 Å². The number of nitrogens with two attached hydrogens (primary N) is 1. The molecule has 1 aliphatic carbocycles. The van der Waals surface area contributed by atoms with Crippen molar-refractivity contribution in [1.29, 1.82) is 0 Å². The first-order valence-corrected chi connectivity index (χ1v) is 8.75. The van der Waals surface area contributed by atoms with Gasteiger partial charge < -0.3 is 5.73 Å². The van der Waals surface area contributed by atoms with Crippen molar-refractivity contribution in [3.05, 3.63) is 35.4 Å². The van der Waals surface area contributed by atoms with Crippen LogP contribution in [0.2, 0.25) is 0 Å². The van der Waals surface area contributed by atoms with Crippen LogP contribution in [0.3, 0.4) is 0 Å². The average molecular weight is 286 g/mol. The van der Waals surface area contributed by atoms with E-state index in [9.17, 15) is 0 Å². The van der Waals surface area contributed by atoms with Crippen LogP contribution in [-0.2, 0) is 5.54 Å². The molecule has 1 fully saturated rings. The smallest absolute Gasteiger partial charge is 0.0586 e. The Kier molecular flexibility index (Phi) is 4.37. The van der Waals surface area contributed by atoms with Gasteiger partial charge in [0.25, 0.3) is 0 Å². The van der Waals surface area contributed by atoms with E-state index >= 15 is 0 Å². The summed E-state index contributed by atoms with van der Waals surface area (Å²) in [5.41, 5.74) is 9.51. The maximum Gasteiger partial charge on any atom is 0.0586 e. The second-order valence-corrected chi connectivity index (χ2v) is 7.15. The van der Waals surface area contributed by atoms with E-state index in [-0.39, 0.29) is 5.54 Å². The van der Waals surface area contributed by atoms with Gasteiger partial charge >= 0.3 is 0 Å². The van der Waals surface area contributed by atoms with E-state index in [0.717, 1.165) is 12.5 Å². The molecule has 2 aliphatic rings. The van der Waals surface area contributed by atoms with E-state index in [0.29, 0.717) is 5.92 Å². The monoisotopic (exact) mass is 286 g/mol. The topological polar surface area (TPSA) is 29.3 Å². The molecule has 2 nitrogen and oxygen atoms in total. The molecular weight excluding hydrogens is 256 g/mol.